The van der Waals surface area contributed by atoms with E-state index in [2.05, 4.69) is 12.1 Å². The number of benzene rings is 3. The van der Waals surface area contributed by atoms with Gasteiger partial charge in [-0.25, -0.2) is 4.79 Å². The molecule has 0 saturated carbocycles. The highest BCUT2D eigenvalue weighted by Gasteiger charge is 2.20. The number of hydrogen-bond acceptors (Lipinski definition) is 4. The minimum Gasteiger partial charge on any atom is -0.493 e. The first kappa shape index (κ1) is 18.6. The van der Waals surface area contributed by atoms with Gasteiger partial charge in [0.15, 0.2) is 11.3 Å². The van der Waals surface area contributed by atoms with Crippen LogP contribution in [0.15, 0.2) is 83.3 Å². The van der Waals surface area contributed by atoms with Gasteiger partial charge in [0.1, 0.15) is 5.76 Å². The number of fused-ring (bicyclic) bond motifs is 1. The second-order valence-corrected chi connectivity index (χ2v) is 6.49. The van der Waals surface area contributed by atoms with Crippen LogP contribution < -0.4 is 4.74 Å². The highest BCUT2D eigenvalue weighted by atomic mass is 16.5. The fraction of sp³-hybridized carbons (Fsp3) is 0.0800. The Bertz CT molecular complexity index is 1170. The summed E-state index contributed by atoms with van der Waals surface area (Å²) in [6, 6.07) is 23.9. The predicted octanol–water partition coefficient (Wildman–Crippen LogP) is 5.96. The molecule has 4 rings (SSSR count). The third-order valence-corrected chi connectivity index (χ3v) is 4.71. The number of furan rings is 1. The number of methoxy groups -OCH3 is 2. The van der Waals surface area contributed by atoms with E-state index in [1.165, 1.54) is 13.2 Å². The second-order valence-electron chi connectivity index (χ2n) is 6.49. The fourth-order valence-electron chi connectivity index (χ4n) is 3.35. The molecule has 4 heteroatoms. The molecule has 4 aromatic rings. The summed E-state index contributed by atoms with van der Waals surface area (Å²) >= 11 is 0. The average molecular weight is 384 g/mol. The van der Waals surface area contributed by atoms with Crippen LogP contribution in [-0.2, 0) is 9.53 Å². The Morgan fingerprint density at radius 1 is 0.897 bits per heavy atom. The lowest BCUT2D eigenvalue weighted by atomic mass is 9.97. The molecule has 3 aromatic carbocycles. The van der Waals surface area contributed by atoms with Gasteiger partial charge >= 0.3 is 5.97 Å². The summed E-state index contributed by atoms with van der Waals surface area (Å²) in [7, 11) is 2.96. The van der Waals surface area contributed by atoms with Gasteiger partial charge in [-0.2, -0.15) is 0 Å². The molecule has 0 fully saturated rings. The van der Waals surface area contributed by atoms with E-state index in [1.54, 1.807) is 13.2 Å². The molecular weight excluding hydrogens is 364 g/mol. The van der Waals surface area contributed by atoms with Crippen molar-refractivity contribution in [2.75, 3.05) is 14.2 Å². The molecule has 0 aliphatic carbocycles. The zero-order valence-electron chi connectivity index (χ0n) is 16.2. The Hall–Kier alpha value is -3.79. The van der Waals surface area contributed by atoms with Crippen LogP contribution in [0.25, 0.3) is 39.5 Å². The first-order chi connectivity index (χ1) is 14.2. The zero-order valence-corrected chi connectivity index (χ0v) is 16.2. The fourth-order valence-corrected chi connectivity index (χ4v) is 3.35. The number of rotatable bonds is 5. The summed E-state index contributed by atoms with van der Waals surface area (Å²) in [4.78, 5) is 11.5. The molecular formula is C25H20O4. The molecule has 0 radical (unpaired) electrons. The van der Waals surface area contributed by atoms with Crippen LogP contribution in [-0.4, -0.2) is 20.2 Å². The van der Waals surface area contributed by atoms with Gasteiger partial charge in [0, 0.05) is 22.6 Å². The molecule has 0 saturated heterocycles. The van der Waals surface area contributed by atoms with E-state index in [0.29, 0.717) is 11.3 Å². The Morgan fingerprint density at radius 2 is 1.55 bits per heavy atom. The van der Waals surface area contributed by atoms with Gasteiger partial charge in [-0.1, -0.05) is 60.7 Å². The minimum atomic E-state index is -0.412. The van der Waals surface area contributed by atoms with Crippen LogP contribution in [0.2, 0.25) is 0 Å². The molecule has 0 atom stereocenters. The minimum absolute atomic E-state index is 0.412. The smallest absolute Gasteiger partial charge is 0.330 e. The van der Waals surface area contributed by atoms with Gasteiger partial charge in [-0.05, 0) is 29.3 Å². The van der Waals surface area contributed by atoms with E-state index in [9.17, 15) is 4.79 Å². The summed E-state index contributed by atoms with van der Waals surface area (Å²) in [5.41, 5.74) is 4.49. The van der Waals surface area contributed by atoms with Crippen molar-refractivity contribution in [3.8, 4) is 28.2 Å². The number of ether oxygens (including phenoxy) is 2. The largest absolute Gasteiger partial charge is 0.493 e. The van der Waals surface area contributed by atoms with Gasteiger partial charge in [0.25, 0.3) is 0 Å². The van der Waals surface area contributed by atoms with Crippen molar-refractivity contribution in [2.24, 2.45) is 0 Å². The maximum atomic E-state index is 11.5. The Labute approximate surface area is 169 Å². The molecule has 1 aromatic heterocycles. The predicted molar refractivity (Wildman–Crippen MR) is 115 cm³/mol. The third kappa shape index (κ3) is 3.65. The van der Waals surface area contributed by atoms with Crippen LogP contribution in [0, 0.1) is 0 Å². The van der Waals surface area contributed by atoms with Gasteiger partial charge in [0.05, 0.1) is 14.2 Å². The molecule has 0 aliphatic heterocycles. The molecule has 144 valence electrons. The molecule has 29 heavy (non-hydrogen) atoms. The van der Waals surface area contributed by atoms with E-state index in [4.69, 9.17) is 13.9 Å². The van der Waals surface area contributed by atoms with Crippen molar-refractivity contribution in [2.45, 2.75) is 0 Å². The monoisotopic (exact) mass is 384 g/mol. The van der Waals surface area contributed by atoms with Crippen molar-refractivity contribution in [1.29, 1.82) is 0 Å². The SMILES string of the molecule is COC(=O)/C=C/c1cc(OC)c2oc(-c3ccccc3)c(-c3ccccc3)c2c1. The number of carbonyl (C=O) groups excluding carboxylic acids is 1. The maximum absolute atomic E-state index is 11.5. The Kier molecular flexibility index (Phi) is 5.16. The van der Waals surface area contributed by atoms with E-state index >= 15 is 0 Å². The molecule has 0 amide bonds. The van der Waals surface area contributed by atoms with Crippen molar-refractivity contribution in [3.05, 3.63) is 84.4 Å². The Morgan fingerprint density at radius 3 is 2.17 bits per heavy atom. The number of hydrogen-bond donors (Lipinski definition) is 0. The highest BCUT2D eigenvalue weighted by molar-refractivity contribution is 6.05. The van der Waals surface area contributed by atoms with Gasteiger partial charge in [0.2, 0.25) is 0 Å². The Balaban J connectivity index is 2.01. The van der Waals surface area contributed by atoms with E-state index in [0.717, 1.165) is 33.4 Å². The van der Waals surface area contributed by atoms with Crippen LogP contribution in [0.1, 0.15) is 5.56 Å². The van der Waals surface area contributed by atoms with Crippen molar-refractivity contribution in [3.63, 3.8) is 0 Å². The quantitative estimate of drug-likeness (QED) is 0.315. The van der Waals surface area contributed by atoms with E-state index < -0.39 is 5.97 Å². The molecule has 0 unspecified atom stereocenters. The summed E-state index contributed by atoms with van der Waals surface area (Å²) in [5, 5.41) is 0.916. The van der Waals surface area contributed by atoms with Gasteiger partial charge in [-0.3, -0.25) is 0 Å². The van der Waals surface area contributed by atoms with Crippen LogP contribution >= 0.6 is 0 Å². The van der Waals surface area contributed by atoms with Crippen molar-refractivity contribution < 1.29 is 18.7 Å². The molecule has 4 nitrogen and oxygen atoms in total. The van der Waals surface area contributed by atoms with Gasteiger partial charge in [-0.15, -0.1) is 0 Å². The zero-order chi connectivity index (χ0) is 20.2. The third-order valence-electron chi connectivity index (χ3n) is 4.71. The van der Waals surface area contributed by atoms with E-state index in [-0.39, 0.29) is 0 Å². The molecule has 0 aliphatic rings. The van der Waals surface area contributed by atoms with Crippen molar-refractivity contribution >= 4 is 23.0 Å². The second kappa shape index (κ2) is 8.07. The summed E-state index contributed by atoms with van der Waals surface area (Å²) in [5.74, 6) is 0.968. The normalized spacial score (nSPS) is 11.1. The molecule has 1 heterocycles. The molecule has 0 spiro atoms. The number of carbonyl (C=O) groups is 1. The lowest BCUT2D eigenvalue weighted by Gasteiger charge is -2.05. The van der Waals surface area contributed by atoms with Crippen molar-refractivity contribution in [1.82, 2.24) is 0 Å². The molecule has 0 N–H and O–H groups in total. The lowest BCUT2D eigenvalue weighted by molar-refractivity contribution is -0.134. The van der Waals surface area contributed by atoms with Crippen LogP contribution in [0.5, 0.6) is 5.75 Å². The van der Waals surface area contributed by atoms with Crippen LogP contribution in [0.4, 0.5) is 0 Å². The average Bonchev–Trinajstić information content (AvgIpc) is 3.17. The lowest BCUT2D eigenvalue weighted by Crippen LogP contribution is -1.93. The first-order valence-electron chi connectivity index (χ1n) is 9.22. The maximum Gasteiger partial charge on any atom is 0.330 e. The van der Waals surface area contributed by atoms with E-state index in [1.807, 2.05) is 60.7 Å². The first-order valence-corrected chi connectivity index (χ1v) is 9.22. The standard InChI is InChI=1S/C25H20O4/c1-27-21-16-17(13-14-22(26)28-2)15-20-23(18-9-5-3-6-10-18)24(29-25(20)21)19-11-7-4-8-12-19/h3-16H,1-2H3/b14-13+. The number of esters is 1. The highest BCUT2D eigenvalue weighted by Crippen LogP contribution is 2.44. The van der Waals surface area contributed by atoms with Gasteiger partial charge < -0.3 is 13.9 Å². The molecule has 0 bridgehead atoms. The summed E-state index contributed by atoms with van der Waals surface area (Å²) < 4.78 is 16.6. The summed E-state index contributed by atoms with van der Waals surface area (Å²) in [6.45, 7) is 0. The van der Waals surface area contributed by atoms with Crippen LogP contribution in [0.3, 0.4) is 0 Å². The summed E-state index contributed by atoms with van der Waals surface area (Å²) in [6.07, 6.45) is 3.10. The topological polar surface area (TPSA) is 48.7 Å².